The fourth-order valence-electron chi connectivity index (χ4n) is 4.00. The Hall–Kier alpha value is -3.64. The number of anilines is 1. The maximum absolute atomic E-state index is 13.7. The first-order valence-corrected chi connectivity index (χ1v) is 10.9. The lowest BCUT2D eigenvalue weighted by Gasteiger charge is -2.35. The molecule has 1 saturated heterocycles. The lowest BCUT2D eigenvalue weighted by Crippen LogP contribution is -2.45. The molecule has 0 bridgehead atoms. The fourth-order valence-corrected chi connectivity index (χ4v) is 4.00. The molecule has 1 N–H and O–H groups in total. The summed E-state index contributed by atoms with van der Waals surface area (Å²) in [5, 5.41) is 9.39. The van der Waals surface area contributed by atoms with Gasteiger partial charge in [-0.3, -0.25) is 4.79 Å². The van der Waals surface area contributed by atoms with Gasteiger partial charge < -0.3 is 19.6 Å². The molecule has 5 nitrogen and oxygen atoms in total. The molecular weight excluding hydrogens is 419 g/mol. The highest BCUT2D eigenvalue weighted by atomic mass is 19.1. The quantitative estimate of drug-likeness (QED) is 0.433. The van der Waals surface area contributed by atoms with E-state index in [1.807, 2.05) is 42.5 Å². The van der Waals surface area contributed by atoms with Crippen LogP contribution in [0.3, 0.4) is 0 Å². The van der Waals surface area contributed by atoms with Crippen LogP contribution in [0.25, 0.3) is 17.2 Å². The summed E-state index contributed by atoms with van der Waals surface area (Å²) >= 11 is 0. The number of allylic oxidation sites excluding steroid dienone is 1. The van der Waals surface area contributed by atoms with E-state index < -0.39 is 11.6 Å². The molecule has 0 atom stereocenters. The van der Waals surface area contributed by atoms with Crippen LogP contribution < -0.4 is 9.64 Å². The average Bonchev–Trinajstić information content (AvgIpc) is 2.84. The van der Waals surface area contributed by atoms with Crippen LogP contribution in [0, 0.1) is 5.82 Å². The standard InChI is InChI=1S/C27H27FN2O3/c1-29-13-15-30(16-14-29)24-10-9-20(21-5-3-4-6-27(21)33-2)18-22(24)25(31)11-7-19-8-12-26(32)23(28)17-19/h3-12,17-18,32H,13-16H2,1-2H3. The number of phenols is 1. The number of hydrogen-bond donors (Lipinski definition) is 1. The molecule has 0 aromatic heterocycles. The van der Waals surface area contributed by atoms with Crippen LogP contribution in [-0.2, 0) is 0 Å². The molecule has 33 heavy (non-hydrogen) atoms. The van der Waals surface area contributed by atoms with E-state index in [1.165, 1.54) is 18.2 Å². The van der Waals surface area contributed by atoms with Crippen LogP contribution in [0.15, 0.2) is 66.7 Å². The minimum Gasteiger partial charge on any atom is -0.505 e. The molecule has 0 saturated carbocycles. The summed E-state index contributed by atoms with van der Waals surface area (Å²) in [6.45, 7) is 3.50. The number of benzene rings is 3. The fraction of sp³-hybridized carbons (Fsp3) is 0.222. The Morgan fingerprint density at radius 1 is 1.03 bits per heavy atom. The second-order valence-corrected chi connectivity index (χ2v) is 8.13. The second-order valence-electron chi connectivity index (χ2n) is 8.13. The van der Waals surface area contributed by atoms with Crippen molar-refractivity contribution in [2.45, 2.75) is 0 Å². The molecule has 0 unspecified atom stereocenters. The maximum atomic E-state index is 13.7. The minimum atomic E-state index is -0.721. The van der Waals surface area contributed by atoms with Gasteiger partial charge in [0.15, 0.2) is 17.3 Å². The predicted molar refractivity (Wildman–Crippen MR) is 130 cm³/mol. The number of aromatic hydroxyl groups is 1. The van der Waals surface area contributed by atoms with Crippen molar-refractivity contribution in [3.8, 4) is 22.6 Å². The van der Waals surface area contributed by atoms with Crippen molar-refractivity contribution < 1.29 is 19.0 Å². The highest BCUT2D eigenvalue weighted by Gasteiger charge is 2.20. The van der Waals surface area contributed by atoms with E-state index in [1.54, 1.807) is 19.3 Å². The highest BCUT2D eigenvalue weighted by molar-refractivity contribution is 6.11. The molecule has 3 aromatic rings. The molecule has 6 heteroatoms. The Kier molecular flexibility index (Phi) is 6.75. The number of ether oxygens (including phenoxy) is 1. The SMILES string of the molecule is COc1ccccc1-c1ccc(N2CCN(C)CC2)c(C(=O)C=Cc2ccc(O)c(F)c2)c1. The third kappa shape index (κ3) is 5.07. The Morgan fingerprint density at radius 3 is 2.52 bits per heavy atom. The van der Waals surface area contributed by atoms with Gasteiger partial charge in [-0.15, -0.1) is 0 Å². The lowest BCUT2D eigenvalue weighted by molar-refractivity contribution is 0.104. The zero-order valence-electron chi connectivity index (χ0n) is 18.8. The number of methoxy groups -OCH3 is 1. The molecule has 0 aliphatic carbocycles. The number of rotatable bonds is 6. The number of likely N-dealkylation sites (N-methyl/N-ethyl adjacent to an activating group) is 1. The van der Waals surface area contributed by atoms with E-state index in [-0.39, 0.29) is 5.78 Å². The lowest BCUT2D eigenvalue weighted by atomic mass is 9.97. The molecule has 1 aliphatic heterocycles. The highest BCUT2D eigenvalue weighted by Crippen LogP contribution is 2.34. The Bertz CT molecular complexity index is 1180. The number of halogens is 1. The van der Waals surface area contributed by atoms with Crippen LogP contribution >= 0.6 is 0 Å². The molecule has 4 rings (SSSR count). The Labute approximate surface area is 193 Å². The smallest absolute Gasteiger partial charge is 0.187 e. The van der Waals surface area contributed by atoms with Gasteiger partial charge in [0.1, 0.15) is 5.75 Å². The summed E-state index contributed by atoms with van der Waals surface area (Å²) in [6, 6.07) is 17.7. The Morgan fingerprint density at radius 2 is 1.79 bits per heavy atom. The van der Waals surface area contributed by atoms with E-state index in [4.69, 9.17) is 4.74 Å². The number of carbonyl (C=O) groups excluding carboxylic acids is 1. The van der Waals surface area contributed by atoms with Gasteiger partial charge in [0.2, 0.25) is 0 Å². The predicted octanol–water partition coefficient (Wildman–Crippen LogP) is 4.85. The summed E-state index contributed by atoms with van der Waals surface area (Å²) in [5.74, 6) is -0.575. The van der Waals surface area contributed by atoms with E-state index in [0.717, 1.165) is 48.7 Å². The monoisotopic (exact) mass is 446 g/mol. The minimum absolute atomic E-state index is 0.172. The molecule has 0 spiro atoms. The summed E-state index contributed by atoms with van der Waals surface area (Å²) in [5.41, 5.74) is 3.76. The van der Waals surface area contributed by atoms with Crippen LogP contribution in [0.5, 0.6) is 11.5 Å². The first-order valence-electron chi connectivity index (χ1n) is 10.9. The van der Waals surface area contributed by atoms with Crippen molar-refractivity contribution in [2.24, 2.45) is 0 Å². The molecule has 170 valence electrons. The van der Waals surface area contributed by atoms with Gasteiger partial charge in [-0.2, -0.15) is 0 Å². The van der Waals surface area contributed by atoms with E-state index in [0.29, 0.717) is 11.1 Å². The van der Waals surface area contributed by atoms with Gasteiger partial charge in [-0.25, -0.2) is 4.39 Å². The van der Waals surface area contributed by atoms with Crippen molar-refractivity contribution in [3.05, 3.63) is 83.7 Å². The van der Waals surface area contributed by atoms with Crippen molar-refractivity contribution >= 4 is 17.5 Å². The van der Waals surface area contributed by atoms with E-state index in [2.05, 4.69) is 16.8 Å². The van der Waals surface area contributed by atoms with Crippen molar-refractivity contribution in [1.29, 1.82) is 0 Å². The first kappa shape index (κ1) is 22.6. The topological polar surface area (TPSA) is 53.0 Å². The van der Waals surface area contributed by atoms with Crippen LogP contribution in [-0.4, -0.2) is 56.1 Å². The number of piperazine rings is 1. The second kappa shape index (κ2) is 9.88. The average molecular weight is 447 g/mol. The van der Waals surface area contributed by atoms with Crippen molar-refractivity contribution in [2.75, 3.05) is 45.2 Å². The third-order valence-electron chi connectivity index (χ3n) is 5.92. The van der Waals surface area contributed by atoms with Gasteiger partial charge in [-0.05, 0) is 54.6 Å². The van der Waals surface area contributed by atoms with Crippen LogP contribution in [0.4, 0.5) is 10.1 Å². The number of ketones is 1. The number of hydrogen-bond acceptors (Lipinski definition) is 5. The van der Waals surface area contributed by atoms with Crippen LogP contribution in [0.1, 0.15) is 15.9 Å². The van der Waals surface area contributed by atoms with Gasteiger partial charge in [0, 0.05) is 43.0 Å². The number of para-hydroxylation sites is 1. The zero-order valence-corrected chi connectivity index (χ0v) is 18.8. The molecule has 3 aromatic carbocycles. The van der Waals surface area contributed by atoms with Crippen molar-refractivity contribution in [3.63, 3.8) is 0 Å². The van der Waals surface area contributed by atoms with Gasteiger partial charge >= 0.3 is 0 Å². The summed E-state index contributed by atoms with van der Waals surface area (Å²) in [4.78, 5) is 17.8. The number of phenolic OH excluding ortho intramolecular Hbond substituents is 1. The van der Waals surface area contributed by atoms with Gasteiger partial charge in [0.05, 0.1) is 7.11 Å². The Balaban J connectivity index is 1.72. The summed E-state index contributed by atoms with van der Waals surface area (Å²) < 4.78 is 19.2. The van der Waals surface area contributed by atoms with Gasteiger partial charge in [-0.1, -0.05) is 36.4 Å². The van der Waals surface area contributed by atoms with E-state index in [9.17, 15) is 14.3 Å². The number of carbonyl (C=O) groups is 1. The first-order chi connectivity index (χ1) is 16.0. The number of nitrogens with zero attached hydrogens (tertiary/aromatic N) is 2. The van der Waals surface area contributed by atoms with Gasteiger partial charge in [0.25, 0.3) is 0 Å². The van der Waals surface area contributed by atoms with E-state index >= 15 is 0 Å². The molecule has 1 aliphatic rings. The molecule has 1 fully saturated rings. The molecule has 0 radical (unpaired) electrons. The molecular formula is C27H27FN2O3. The summed E-state index contributed by atoms with van der Waals surface area (Å²) in [6.07, 6.45) is 3.01. The normalized spacial score (nSPS) is 14.6. The van der Waals surface area contributed by atoms with Crippen molar-refractivity contribution in [1.82, 2.24) is 4.90 Å². The summed E-state index contributed by atoms with van der Waals surface area (Å²) in [7, 11) is 3.72. The molecule has 1 heterocycles. The largest absolute Gasteiger partial charge is 0.505 e. The third-order valence-corrected chi connectivity index (χ3v) is 5.92. The zero-order chi connectivity index (χ0) is 23.4. The van der Waals surface area contributed by atoms with Crippen LogP contribution in [0.2, 0.25) is 0 Å². The molecule has 0 amide bonds. The maximum Gasteiger partial charge on any atom is 0.187 e.